The zero-order chi connectivity index (χ0) is 20.5. The van der Waals surface area contributed by atoms with E-state index in [2.05, 4.69) is 10.6 Å². The van der Waals surface area contributed by atoms with E-state index in [-0.39, 0.29) is 0 Å². The summed E-state index contributed by atoms with van der Waals surface area (Å²) in [4.78, 5) is 12.3. The molecular formula is C23H25N5O2. The van der Waals surface area contributed by atoms with Gasteiger partial charge in [-0.15, -0.1) is 0 Å². The number of benzene rings is 2. The van der Waals surface area contributed by atoms with Crippen molar-refractivity contribution in [2.24, 2.45) is 11.7 Å². The van der Waals surface area contributed by atoms with Crippen LogP contribution in [0.15, 0.2) is 54.6 Å². The van der Waals surface area contributed by atoms with E-state index in [1.54, 1.807) is 4.68 Å². The predicted octanol–water partition coefficient (Wildman–Crippen LogP) is 3.27. The van der Waals surface area contributed by atoms with Crippen molar-refractivity contribution in [2.75, 3.05) is 25.0 Å². The summed E-state index contributed by atoms with van der Waals surface area (Å²) in [6.07, 6.45) is 2.15. The Morgan fingerprint density at radius 2 is 1.80 bits per heavy atom. The molecule has 5 rings (SSSR count). The molecule has 7 heteroatoms. The lowest BCUT2D eigenvalue weighted by molar-refractivity contribution is 0.0993. The SMILES string of the molecule is NC(=O)c1c2c(nn1-c1ccc(Oc3ccccc3)cc1)C(C1CCNC1)CCN2. The Morgan fingerprint density at radius 3 is 2.50 bits per heavy atom. The highest BCUT2D eigenvalue weighted by Crippen LogP contribution is 2.40. The zero-order valence-electron chi connectivity index (χ0n) is 16.7. The molecule has 0 radical (unpaired) electrons. The maximum absolute atomic E-state index is 12.3. The smallest absolute Gasteiger partial charge is 0.269 e. The molecule has 0 bridgehead atoms. The molecule has 2 aliphatic heterocycles. The first-order valence-corrected chi connectivity index (χ1v) is 10.4. The number of fused-ring (bicyclic) bond motifs is 1. The van der Waals surface area contributed by atoms with Crippen molar-refractivity contribution in [3.8, 4) is 17.2 Å². The molecule has 0 aliphatic carbocycles. The van der Waals surface area contributed by atoms with E-state index >= 15 is 0 Å². The third-order valence-corrected chi connectivity index (χ3v) is 5.98. The summed E-state index contributed by atoms with van der Waals surface area (Å²) in [5.74, 6) is 1.88. The summed E-state index contributed by atoms with van der Waals surface area (Å²) in [5, 5.41) is 11.7. The van der Waals surface area contributed by atoms with Crippen LogP contribution in [0, 0.1) is 5.92 Å². The average molecular weight is 403 g/mol. The third kappa shape index (κ3) is 3.41. The number of anilines is 1. The lowest BCUT2D eigenvalue weighted by Gasteiger charge is -2.27. The molecule has 154 valence electrons. The number of para-hydroxylation sites is 1. The number of carbonyl (C=O) groups excluding carboxylic acids is 1. The van der Waals surface area contributed by atoms with Gasteiger partial charge in [-0.25, -0.2) is 4.68 Å². The molecule has 1 saturated heterocycles. The van der Waals surface area contributed by atoms with Crippen LogP contribution in [-0.2, 0) is 0 Å². The first-order chi connectivity index (χ1) is 14.7. The Kier molecular flexibility index (Phi) is 4.88. The fourth-order valence-electron chi connectivity index (χ4n) is 4.53. The molecule has 2 aromatic carbocycles. The number of nitrogens with two attached hydrogens (primary N) is 1. The first kappa shape index (κ1) is 18.7. The molecule has 1 fully saturated rings. The number of nitrogens with one attached hydrogen (secondary N) is 2. The standard InChI is InChI=1S/C23H25N5O2/c24-23(29)22-21-20(19(11-13-26-21)15-10-12-25-14-15)27-28(22)16-6-8-18(9-7-16)30-17-4-2-1-3-5-17/h1-9,15,19,25-26H,10-14H2,(H2,24,29). The van der Waals surface area contributed by atoms with Gasteiger partial charge in [-0.1, -0.05) is 18.2 Å². The van der Waals surface area contributed by atoms with Crippen molar-refractivity contribution in [3.63, 3.8) is 0 Å². The van der Waals surface area contributed by atoms with Gasteiger partial charge in [-0.05, 0) is 68.2 Å². The Bertz CT molecular complexity index is 1040. The number of ether oxygens (including phenoxy) is 1. The third-order valence-electron chi connectivity index (χ3n) is 5.98. The number of rotatable bonds is 5. The molecule has 7 nitrogen and oxygen atoms in total. The molecule has 1 aromatic heterocycles. The van der Waals surface area contributed by atoms with Crippen LogP contribution in [0.5, 0.6) is 11.5 Å². The van der Waals surface area contributed by atoms with E-state index < -0.39 is 5.91 Å². The molecule has 0 saturated carbocycles. The Balaban J connectivity index is 1.49. The number of nitrogens with zero attached hydrogens (tertiary/aromatic N) is 2. The van der Waals surface area contributed by atoms with Crippen LogP contribution in [0.3, 0.4) is 0 Å². The van der Waals surface area contributed by atoms with Crippen LogP contribution in [0.1, 0.15) is 34.9 Å². The van der Waals surface area contributed by atoms with E-state index in [9.17, 15) is 4.79 Å². The summed E-state index contributed by atoms with van der Waals surface area (Å²) in [6, 6.07) is 17.2. The fraction of sp³-hybridized carbons (Fsp3) is 0.304. The zero-order valence-corrected chi connectivity index (χ0v) is 16.7. The summed E-state index contributed by atoms with van der Waals surface area (Å²) >= 11 is 0. The lowest BCUT2D eigenvalue weighted by Crippen LogP contribution is -2.25. The maximum Gasteiger partial charge on any atom is 0.269 e. The number of aromatic nitrogens is 2. The molecule has 1 amide bonds. The van der Waals surface area contributed by atoms with Crippen LogP contribution in [0.25, 0.3) is 5.69 Å². The summed E-state index contributed by atoms with van der Waals surface area (Å²) in [7, 11) is 0. The second-order valence-electron chi connectivity index (χ2n) is 7.87. The van der Waals surface area contributed by atoms with Crippen LogP contribution < -0.4 is 21.1 Å². The normalized spacial score (nSPS) is 20.4. The maximum atomic E-state index is 12.3. The molecule has 4 N–H and O–H groups in total. The van der Waals surface area contributed by atoms with Crippen molar-refractivity contribution >= 4 is 11.6 Å². The molecular weight excluding hydrogens is 378 g/mol. The molecule has 30 heavy (non-hydrogen) atoms. The predicted molar refractivity (Wildman–Crippen MR) is 115 cm³/mol. The van der Waals surface area contributed by atoms with Gasteiger partial charge in [0.15, 0.2) is 5.69 Å². The molecule has 3 heterocycles. The van der Waals surface area contributed by atoms with E-state index in [0.29, 0.717) is 17.5 Å². The van der Waals surface area contributed by atoms with Gasteiger partial charge in [0.2, 0.25) is 0 Å². The van der Waals surface area contributed by atoms with Crippen molar-refractivity contribution in [1.29, 1.82) is 0 Å². The van der Waals surface area contributed by atoms with Gasteiger partial charge in [0.25, 0.3) is 5.91 Å². The highest BCUT2D eigenvalue weighted by molar-refractivity contribution is 5.98. The van der Waals surface area contributed by atoms with Gasteiger partial charge < -0.3 is 21.1 Å². The van der Waals surface area contributed by atoms with Gasteiger partial charge in [0, 0.05) is 12.5 Å². The van der Waals surface area contributed by atoms with Gasteiger partial charge >= 0.3 is 0 Å². The van der Waals surface area contributed by atoms with E-state index in [1.807, 2.05) is 54.6 Å². The van der Waals surface area contributed by atoms with Crippen LogP contribution in [0.2, 0.25) is 0 Å². The van der Waals surface area contributed by atoms with Gasteiger partial charge in [-0.2, -0.15) is 5.10 Å². The first-order valence-electron chi connectivity index (χ1n) is 10.4. The van der Waals surface area contributed by atoms with Crippen molar-refractivity contribution in [1.82, 2.24) is 15.1 Å². The molecule has 0 spiro atoms. The number of carbonyl (C=O) groups is 1. The van der Waals surface area contributed by atoms with E-state index in [4.69, 9.17) is 15.6 Å². The van der Waals surface area contributed by atoms with Crippen molar-refractivity contribution in [3.05, 3.63) is 66.0 Å². The minimum absolute atomic E-state index is 0.330. The quantitative estimate of drug-likeness (QED) is 0.608. The van der Waals surface area contributed by atoms with E-state index in [1.165, 1.54) is 0 Å². The summed E-state index contributed by atoms with van der Waals surface area (Å²) in [6.45, 7) is 2.86. The van der Waals surface area contributed by atoms with E-state index in [0.717, 1.165) is 61.0 Å². The number of primary amides is 1. The van der Waals surface area contributed by atoms with Crippen LogP contribution in [-0.4, -0.2) is 35.3 Å². The molecule has 2 unspecified atom stereocenters. The molecule has 2 atom stereocenters. The van der Waals surface area contributed by atoms with Crippen molar-refractivity contribution < 1.29 is 9.53 Å². The van der Waals surface area contributed by atoms with Crippen LogP contribution in [0.4, 0.5) is 5.69 Å². The number of amides is 1. The van der Waals surface area contributed by atoms with Gasteiger partial charge in [-0.3, -0.25) is 4.79 Å². The largest absolute Gasteiger partial charge is 0.457 e. The second kappa shape index (κ2) is 7.84. The topological polar surface area (TPSA) is 94.2 Å². The molecule has 2 aliphatic rings. The minimum Gasteiger partial charge on any atom is -0.457 e. The summed E-state index contributed by atoms with van der Waals surface area (Å²) in [5.41, 5.74) is 8.71. The number of hydrogen-bond acceptors (Lipinski definition) is 5. The second-order valence-corrected chi connectivity index (χ2v) is 7.87. The number of hydrogen-bond donors (Lipinski definition) is 3. The van der Waals surface area contributed by atoms with Gasteiger partial charge in [0.1, 0.15) is 11.5 Å². The fourth-order valence-corrected chi connectivity index (χ4v) is 4.53. The average Bonchev–Trinajstić information content (AvgIpc) is 3.43. The molecule has 3 aromatic rings. The van der Waals surface area contributed by atoms with Crippen molar-refractivity contribution in [2.45, 2.75) is 18.8 Å². The lowest BCUT2D eigenvalue weighted by atomic mass is 9.83. The highest BCUT2D eigenvalue weighted by Gasteiger charge is 2.35. The van der Waals surface area contributed by atoms with Gasteiger partial charge in [0.05, 0.1) is 17.1 Å². The highest BCUT2D eigenvalue weighted by atomic mass is 16.5. The monoisotopic (exact) mass is 403 g/mol. The minimum atomic E-state index is -0.481. The Hall–Kier alpha value is -3.32. The Morgan fingerprint density at radius 1 is 1.03 bits per heavy atom. The summed E-state index contributed by atoms with van der Waals surface area (Å²) < 4.78 is 7.55. The van der Waals surface area contributed by atoms with Crippen LogP contribution >= 0.6 is 0 Å². The Labute approximate surface area is 175 Å².